The Balaban J connectivity index is 2.18. The third-order valence-corrected chi connectivity index (χ3v) is 4.18. The summed E-state index contributed by atoms with van der Waals surface area (Å²) in [6.07, 6.45) is 1.68. The number of H-pyrrole nitrogens is 1. The van der Waals surface area contributed by atoms with Gasteiger partial charge in [0.25, 0.3) is 0 Å². The minimum atomic E-state index is -0.373. The molecule has 2 N–H and O–H groups in total. The van der Waals surface area contributed by atoms with Gasteiger partial charge in [-0.1, -0.05) is 29.8 Å². The normalized spacial score (nSPS) is 12.2. The van der Waals surface area contributed by atoms with Gasteiger partial charge in [-0.25, -0.2) is 0 Å². The summed E-state index contributed by atoms with van der Waals surface area (Å²) in [6, 6.07) is 7.56. The fraction of sp³-hybridized carbons (Fsp3) is 0.368. The van der Waals surface area contributed by atoms with Crippen LogP contribution in [0.3, 0.4) is 0 Å². The molecule has 1 amide bonds. The number of aryl methyl sites for hydroxylation is 2. The van der Waals surface area contributed by atoms with Gasteiger partial charge in [0.2, 0.25) is 5.91 Å². The molecule has 1 heterocycles. The maximum Gasteiger partial charge on any atom is 0.242 e. The van der Waals surface area contributed by atoms with E-state index in [2.05, 4.69) is 10.3 Å². The number of likely N-dealkylation sites (N-methyl/N-ethyl adjacent to an activating group) is 1. The number of aromatic amines is 1. The summed E-state index contributed by atoms with van der Waals surface area (Å²) < 4.78 is 0. The van der Waals surface area contributed by atoms with E-state index in [1.54, 1.807) is 20.0 Å². The summed E-state index contributed by atoms with van der Waals surface area (Å²) in [5.74, 6) is -0.0913. The molecule has 0 aliphatic rings. The molecule has 1 aromatic carbocycles. The van der Waals surface area contributed by atoms with Crippen LogP contribution in [0.25, 0.3) is 0 Å². The Hall–Kier alpha value is -2.40. The predicted octanol–water partition coefficient (Wildman–Crippen LogP) is 2.22. The summed E-state index contributed by atoms with van der Waals surface area (Å²) in [5.41, 5.74) is 4.14. The van der Waals surface area contributed by atoms with Crippen LogP contribution >= 0.6 is 0 Å². The van der Waals surface area contributed by atoms with Crippen LogP contribution in [-0.4, -0.2) is 29.9 Å². The highest BCUT2D eigenvalue weighted by Gasteiger charge is 2.23. The summed E-state index contributed by atoms with van der Waals surface area (Å²) >= 11 is 0. The van der Waals surface area contributed by atoms with Gasteiger partial charge in [0.15, 0.2) is 5.43 Å². The van der Waals surface area contributed by atoms with Gasteiger partial charge in [-0.2, -0.15) is 0 Å². The number of aromatic nitrogens is 1. The number of benzene rings is 1. The van der Waals surface area contributed by atoms with Crippen molar-refractivity contribution < 1.29 is 4.79 Å². The van der Waals surface area contributed by atoms with Crippen molar-refractivity contribution in [3.05, 3.63) is 68.6 Å². The molecule has 0 fully saturated rings. The standard InChI is InChI=1S/C19H25N3O2/c1-12-7-6-8-15(9-12)17(22(4)5)19(24)21-11-16-14(3)18(23)13(2)10-20-16/h6-10,17H,11H2,1-5H3,(H,20,23)(H,21,24). The van der Waals surface area contributed by atoms with Crippen molar-refractivity contribution in [3.8, 4) is 0 Å². The molecule has 0 aliphatic heterocycles. The third-order valence-electron chi connectivity index (χ3n) is 4.18. The van der Waals surface area contributed by atoms with E-state index in [1.807, 2.05) is 50.2 Å². The monoisotopic (exact) mass is 327 g/mol. The Morgan fingerprint density at radius 3 is 2.58 bits per heavy atom. The number of nitrogens with one attached hydrogen (secondary N) is 2. The van der Waals surface area contributed by atoms with Crippen molar-refractivity contribution in [2.24, 2.45) is 0 Å². The second-order valence-electron chi connectivity index (χ2n) is 6.40. The van der Waals surface area contributed by atoms with Gasteiger partial charge in [-0.3, -0.25) is 14.5 Å². The van der Waals surface area contributed by atoms with Crippen molar-refractivity contribution in [3.63, 3.8) is 0 Å². The van der Waals surface area contributed by atoms with Crippen LogP contribution in [0.1, 0.15) is 34.0 Å². The predicted molar refractivity (Wildman–Crippen MR) is 96.0 cm³/mol. The van der Waals surface area contributed by atoms with Crippen LogP contribution in [0.15, 0.2) is 35.3 Å². The molecule has 0 radical (unpaired) electrons. The maximum atomic E-state index is 12.7. The zero-order valence-corrected chi connectivity index (χ0v) is 14.9. The Morgan fingerprint density at radius 2 is 1.96 bits per heavy atom. The topological polar surface area (TPSA) is 65.2 Å². The van der Waals surface area contributed by atoms with E-state index >= 15 is 0 Å². The molecular formula is C19H25N3O2. The average Bonchev–Trinajstić information content (AvgIpc) is 2.52. The number of amides is 1. The number of hydrogen-bond donors (Lipinski definition) is 2. The first-order valence-electron chi connectivity index (χ1n) is 7.99. The molecule has 0 saturated heterocycles. The molecule has 1 unspecified atom stereocenters. The van der Waals surface area contributed by atoms with Crippen molar-refractivity contribution in [1.82, 2.24) is 15.2 Å². The van der Waals surface area contributed by atoms with Crippen LogP contribution in [0.5, 0.6) is 0 Å². The Labute approximate surface area is 142 Å². The number of pyridine rings is 1. The highest BCUT2D eigenvalue weighted by Crippen LogP contribution is 2.19. The summed E-state index contributed by atoms with van der Waals surface area (Å²) in [4.78, 5) is 29.7. The molecule has 1 aromatic heterocycles. The Morgan fingerprint density at radius 1 is 1.25 bits per heavy atom. The van der Waals surface area contributed by atoms with Crippen molar-refractivity contribution in [1.29, 1.82) is 0 Å². The van der Waals surface area contributed by atoms with Gasteiger partial charge in [-0.15, -0.1) is 0 Å². The number of nitrogens with zero attached hydrogens (tertiary/aromatic N) is 1. The molecule has 5 heteroatoms. The Bertz CT molecular complexity index is 793. The van der Waals surface area contributed by atoms with Crippen LogP contribution in [0.4, 0.5) is 0 Å². The highest BCUT2D eigenvalue weighted by molar-refractivity contribution is 5.83. The average molecular weight is 327 g/mol. The molecule has 0 aliphatic carbocycles. The van der Waals surface area contributed by atoms with Crippen LogP contribution in [-0.2, 0) is 11.3 Å². The van der Waals surface area contributed by atoms with Gasteiger partial charge in [0, 0.05) is 23.0 Å². The van der Waals surface area contributed by atoms with Crippen molar-refractivity contribution >= 4 is 5.91 Å². The van der Waals surface area contributed by atoms with Gasteiger partial charge in [-0.05, 0) is 40.4 Å². The van der Waals surface area contributed by atoms with E-state index in [0.29, 0.717) is 17.7 Å². The van der Waals surface area contributed by atoms with Crippen molar-refractivity contribution in [2.75, 3.05) is 14.1 Å². The number of carbonyl (C=O) groups is 1. The lowest BCUT2D eigenvalue weighted by Gasteiger charge is -2.24. The highest BCUT2D eigenvalue weighted by atomic mass is 16.2. The van der Waals surface area contributed by atoms with E-state index in [1.165, 1.54) is 0 Å². The van der Waals surface area contributed by atoms with Crippen molar-refractivity contribution in [2.45, 2.75) is 33.4 Å². The second-order valence-corrected chi connectivity index (χ2v) is 6.40. The fourth-order valence-corrected chi connectivity index (χ4v) is 2.78. The summed E-state index contributed by atoms with van der Waals surface area (Å²) in [5, 5.41) is 2.94. The molecule has 5 nitrogen and oxygen atoms in total. The Kier molecular flexibility index (Phi) is 5.57. The summed E-state index contributed by atoms with van der Waals surface area (Å²) in [7, 11) is 3.76. The second kappa shape index (κ2) is 7.45. The molecule has 1 atom stereocenters. The first kappa shape index (κ1) is 17.9. The fourth-order valence-electron chi connectivity index (χ4n) is 2.78. The lowest BCUT2D eigenvalue weighted by atomic mass is 10.0. The molecule has 0 saturated carbocycles. The smallest absolute Gasteiger partial charge is 0.242 e. The maximum absolute atomic E-state index is 12.7. The minimum Gasteiger partial charge on any atom is -0.363 e. The van der Waals surface area contributed by atoms with Crippen LogP contribution in [0, 0.1) is 20.8 Å². The first-order valence-corrected chi connectivity index (χ1v) is 7.99. The molecule has 128 valence electrons. The molecule has 2 aromatic rings. The van der Waals surface area contributed by atoms with Crippen LogP contribution in [0.2, 0.25) is 0 Å². The third kappa shape index (κ3) is 3.92. The van der Waals surface area contributed by atoms with Gasteiger partial charge in [0.1, 0.15) is 6.04 Å². The quantitative estimate of drug-likeness (QED) is 0.885. The molecule has 0 bridgehead atoms. The molecule has 24 heavy (non-hydrogen) atoms. The lowest BCUT2D eigenvalue weighted by molar-refractivity contribution is -0.126. The van der Waals surface area contributed by atoms with E-state index in [4.69, 9.17) is 0 Å². The number of hydrogen-bond acceptors (Lipinski definition) is 3. The van der Waals surface area contributed by atoms with E-state index < -0.39 is 0 Å². The van der Waals surface area contributed by atoms with Gasteiger partial charge < -0.3 is 10.3 Å². The molecule has 2 rings (SSSR count). The largest absolute Gasteiger partial charge is 0.363 e. The van der Waals surface area contributed by atoms with Crippen LogP contribution < -0.4 is 10.7 Å². The van der Waals surface area contributed by atoms with E-state index in [0.717, 1.165) is 16.8 Å². The molecule has 0 spiro atoms. The summed E-state index contributed by atoms with van der Waals surface area (Å²) in [6.45, 7) is 5.86. The zero-order chi connectivity index (χ0) is 17.9. The number of carbonyl (C=O) groups excluding carboxylic acids is 1. The van der Waals surface area contributed by atoms with E-state index in [9.17, 15) is 9.59 Å². The zero-order valence-electron chi connectivity index (χ0n) is 14.9. The van der Waals surface area contributed by atoms with Gasteiger partial charge >= 0.3 is 0 Å². The SMILES string of the molecule is Cc1cccc(C(C(=O)NCc2[nH]cc(C)c(=O)c2C)N(C)C)c1. The number of rotatable bonds is 5. The minimum absolute atomic E-state index is 0.0147. The first-order chi connectivity index (χ1) is 11.3. The molecular weight excluding hydrogens is 302 g/mol. The van der Waals surface area contributed by atoms with E-state index in [-0.39, 0.29) is 17.4 Å². The van der Waals surface area contributed by atoms with Gasteiger partial charge in [0.05, 0.1) is 6.54 Å². The lowest BCUT2D eigenvalue weighted by Crippen LogP contribution is -2.37.